The molecular formula is C16H26O2. The van der Waals surface area contributed by atoms with Crippen LogP contribution in [-0.2, 0) is 6.42 Å². The van der Waals surface area contributed by atoms with Crippen LogP contribution in [-0.4, -0.2) is 22.4 Å². The van der Waals surface area contributed by atoms with Crippen LogP contribution in [0.15, 0.2) is 30.3 Å². The van der Waals surface area contributed by atoms with Crippen LogP contribution in [0.1, 0.15) is 51.0 Å². The number of aryl methyl sites for hydroxylation is 1. The van der Waals surface area contributed by atoms with Crippen LogP contribution in [0.3, 0.4) is 0 Å². The molecule has 0 aliphatic carbocycles. The minimum absolute atomic E-state index is 0.345. The van der Waals surface area contributed by atoms with Crippen LogP contribution in [0.25, 0.3) is 0 Å². The maximum Gasteiger partial charge on any atom is 0.0568 e. The summed E-state index contributed by atoms with van der Waals surface area (Å²) in [6.45, 7) is 2.15. The zero-order chi connectivity index (χ0) is 13.2. The Morgan fingerprint density at radius 3 is 2.28 bits per heavy atom. The van der Waals surface area contributed by atoms with Crippen LogP contribution >= 0.6 is 0 Å². The van der Waals surface area contributed by atoms with Crippen molar-refractivity contribution in [3.8, 4) is 0 Å². The molecule has 1 rings (SSSR count). The summed E-state index contributed by atoms with van der Waals surface area (Å²) in [6.07, 6.45) is 5.60. The molecule has 0 aliphatic heterocycles. The average molecular weight is 250 g/mol. The van der Waals surface area contributed by atoms with Gasteiger partial charge in [0.15, 0.2) is 0 Å². The van der Waals surface area contributed by atoms with E-state index in [9.17, 15) is 10.2 Å². The summed E-state index contributed by atoms with van der Waals surface area (Å²) in [5, 5.41) is 19.7. The van der Waals surface area contributed by atoms with Crippen LogP contribution in [0, 0.1) is 0 Å². The van der Waals surface area contributed by atoms with Crippen molar-refractivity contribution in [1.82, 2.24) is 0 Å². The quantitative estimate of drug-likeness (QED) is 0.660. The molecule has 0 saturated carbocycles. The zero-order valence-electron chi connectivity index (χ0n) is 11.4. The molecule has 0 spiro atoms. The van der Waals surface area contributed by atoms with Crippen molar-refractivity contribution in [3.63, 3.8) is 0 Å². The second-order valence-electron chi connectivity index (χ2n) is 5.06. The van der Waals surface area contributed by atoms with E-state index < -0.39 is 0 Å². The lowest BCUT2D eigenvalue weighted by atomic mass is 10.00. The molecule has 0 fully saturated rings. The van der Waals surface area contributed by atoms with Gasteiger partial charge in [-0.2, -0.15) is 0 Å². The predicted molar refractivity (Wildman–Crippen MR) is 75.5 cm³/mol. The van der Waals surface area contributed by atoms with Gasteiger partial charge in [0.25, 0.3) is 0 Å². The predicted octanol–water partition coefficient (Wildman–Crippen LogP) is 3.31. The Bertz CT molecular complexity index is 297. The fourth-order valence-electron chi connectivity index (χ4n) is 2.16. The maximum atomic E-state index is 9.88. The first-order valence-electron chi connectivity index (χ1n) is 7.12. The van der Waals surface area contributed by atoms with Crippen molar-refractivity contribution >= 4 is 0 Å². The third-order valence-corrected chi connectivity index (χ3v) is 3.29. The van der Waals surface area contributed by atoms with Gasteiger partial charge in [-0.05, 0) is 31.2 Å². The Balaban J connectivity index is 2.15. The highest BCUT2D eigenvalue weighted by molar-refractivity contribution is 5.14. The number of benzene rings is 1. The monoisotopic (exact) mass is 250 g/mol. The van der Waals surface area contributed by atoms with E-state index in [4.69, 9.17) is 0 Å². The molecule has 0 heterocycles. The number of hydrogen-bond donors (Lipinski definition) is 2. The molecule has 2 N–H and O–H groups in total. The van der Waals surface area contributed by atoms with Crippen molar-refractivity contribution in [1.29, 1.82) is 0 Å². The molecule has 102 valence electrons. The summed E-state index contributed by atoms with van der Waals surface area (Å²) in [5.41, 5.74) is 1.25. The van der Waals surface area contributed by atoms with Gasteiger partial charge in [0.05, 0.1) is 12.2 Å². The number of aliphatic hydroxyl groups is 2. The summed E-state index contributed by atoms with van der Waals surface area (Å²) >= 11 is 0. The lowest BCUT2D eigenvalue weighted by Gasteiger charge is -2.15. The van der Waals surface area contributed by atoms with Crippen LogP contribution in [0.2, 0.25) is 0 Å². The second-order valence-corrected chi connectivity index (χ2v) is 5.06. The molecule has 2 atom stereocenters. The Morgan fingerprint density at radius 1 is 0.944 bits per heavy atom. The lowest BCUT2D eigenvalue weighted by Crippen LogP contribution is -2.18. The van der Waals surface area contributed by atoms with E-state index >= 15 is 0 Å². The molecule has 0 aromatic heterocycles. The molecule has 0 unspecified atom stereocenters. The smallest absolute Gasteiger partial charge is 0.0568 e. The number of aliphatic hydroxyl groups excluding tert-OH is 2. The third-order valence-electron chi connectivity index (χ3n) is 3.29. The first-order valence-corrected chi connectivity index (χ1v) is 7.12. The molecular weight excluding hydrogens is 224 g/mol. The van der Waals surface area contributed by atoms with E-state index in [1.165, 1.54) is 12.0 Å². The third kappa shape index (κ3) is 6.77. The Kier molecular flexibility index (Phi) is 7.70. The number of unbranched alkanes of at least 4 members (excludes halogenated alkanes) is 2. The Morgan fingerprint density at radius 2 is 1.61 bits per heavy atom. The van der Waals surface area contributed by atoms with Gasteiger partial charge in [-0.25, -0.2) is 0 Å². The molecule has 1 aromatic carbocycles. The second kappa shape index (κ2) is 9.12. The molecule has 0 amide bonds. The van der Waals surface area contributed by atoms with Crippen LogP contribution < -0.4 is 0 Å². The topological polar surface area (TPSA) is 40.5 Å². The number of hydrogen-bond acceptors (Lipinski definition) is 2. The van der Waals surface area contributed by atoms with Gasteiger partial charge in [0.2, 0.25) is 0 Å². The molecule has 0 radical (unpaired) electrons. The molecule has 18 heavy (non-hydrogen) atoms. The molecule has 0 aliphatic rings. The first kappa shape index (κ1) is 15.2. The van der Waals surface area contributed by atoms with Crippen molar-refractivity contribution in [2.45, 2.75) is 64.1 Å². The summed E-state index contributed by atoms with van der Waals surface area (Å²) in [5.74, 6) is 0. The minimum atomic E-state index is -0.387. The summed E-state index contributed by atoms with van der Waals surface area (Å²) < 4.78 is 0. The highest BCUT2D eigenvalue weighted by Crippen LogP contribution is 2.12. The molecule has 0 saturated heterocycles. The fourth-order valence-corrected chi connectivity index (χ4v) is 2.16. The fraction of sp³-hybridized carbons (Fsp3) is 0.625. The van der Waals surface area contributed by atoms with E-state index in [1.54, 1.807) is 0 Å². The van der Waals surface area contributed by atoms with Gasteiger partial charge in [-0.3, -0.25) is 0 Å². The van der Waals surface area contributed by atoms with Gasteiger partial charge >= 0.3 is 0 Å². The summed E-state index contributed by atoms with van der Waals surface area (Å²) in [7, 11) is 0. The minimum Gasteiger partial charge on any atom is -0.393 e. The average Bonchev–Trinajstić information content (AvgIpc) is 2.38. The highest BCUT2D eigenvalue weighted by atomic mass is 16.3. The van der Waals surface area contributed by atoms with E-state index in [2.05, 4.69) is 19.1 Å². The van der Waals surface area contributed by atoms with E-state index in [0.29, 0.717) is 6.42 Å². The van der Waals surface area contributed by atoms with E-state index in [-0.39, 0.29) is 12.2 Å². The largest absolute Gasteiger partial charge is 0.393 e. The molecule has 1 aromatic rings. The lowest BCUT2D eigenvalue weighted by molar-refractivity contribution is 0.0698. The van der Waals surface area contributed by atoms with Crippen molar-refractivity contribution < 1.29 is 10.2 Å². The Hall–Kier alpha value is -0.860. The van der Waals surface area contributed by atoms with Gasteiger partial charge < -0.3 is 10.2 Å². The van der Waals surface area contributed by atoms with Crippen LogP contribution in [0.4, 0.5) is 0 Å². The van der Waals surface area contributed by atoms with E-state index in [1.807, 2.05) is 18.2 Å². The van der Waals surface area contributed by atoms with Crippen molar-refractivity contribution in [2.24, 2.45) is 0 Å². The standard InChI is InChI=1S/C16H26O2/c1-2-3-5-10-15(17)13-16(18)12-11-14-8-6-4-7-9-14/h4,6-9,15-18H,2-3,5,10-13H2,1H3/t15-,16-/m1/s1. The Labute approximate surface area is 111 Å². The number of rotatable bonds is 9. The summed E-state index contributed by atoms with van der Waals surface area (Å²) in [6, 6.07) is 10.2. The maximum absolute atomic E-state index is 9.88. The van der Waals surface area contributed by atoms with Crippen molar-refractivity contribution in [2.75, 3.05) is 0 Å². The van der Waals surface area contributed by atoms with Gasteiger partial charge in [0, 0.05) is 0 Å². The summed E-state index contributed by atoms with van der Waals surface area (Å²) in [4.78, 5) is 0. The van der Waals surface area contributed by atoms with Crippen LogP contribution in [0.5, 0.6) is 0 Å². The molecule has 0 bridgehead atoms. The van der Waals surface area contributed by atoms with Gasteiger partial charge in [-0.15, -0.1) is 0 Å². The highest BCUT2D eigenvalue weighted by Gasteiger charge is 2.11. The van der Waals surface area contributed by atoms with Gasteiger partial charge in [0.1, 0.15) is 0 Å². The first-order chi connectivity index (χ1) is 8.72. The van der Waals surface area contributed by atoms with E-state index in [0.717, 1.165) is 32.1 Å². The zero-order valence-corrected chi connectivity index (χ0v) is 11.4. The van der Waals surface area contributed by atoms with Gasteiger partial charge in [-0.1, -0.05) is 56.5 Å². The molecule has 2 heteroatoms. The normalized spacial score (nSPS) is 14.4. The van der Waals surface area contributed by atoms with Crippen molar-refractivity contribution in [3.05, 3.63) is 35.9 Å². The SMILES string of the molecule is CCCCC[C@@H](O)C[C@H](O)CCc1ccccc1. The molecule has 2 nitrogen and oxygen atoms in total.